The first kappa shape index (κ1) is 23.8. The molecule has 1 aliphatic rings. The van der Waals surface area contributed by atoms with Gasteiger partial charge in [-0.1, -0.05) is 65.0 Å². The van der Waals surface area contributed by atoms with Gasteiger partial charge < -0.3 is 4.84 Å². The van der Waals surface area contributed by atoms with Gasteiger partial charge in [-0.15, -0.1) is 5.06 Å². The summed E-state index contributed by atoms with van der Waals surface area (Å²) in [4.78, 5) is 38.2. The number of hydrogen-bond donors (Lipinski definition) is 0. The van der Waals surface area contributed by atoms with Crippen LogP contribution in [0.3, 0.4) is 0 Å². The summed E-state index contributed by atoms with van der Waals surface area (Å²) in [5, 5.41) is 0.563. The highest BCUT2D eigenvalue weighted by molar-refractivity contribution is 6.01. The van der Waals surface area contributed by atoms with Gasteiger partial charge in [0.25, 0.3) is 11.8 Å². The van der Waals surface area contributed by atoms with Gasteiger partial charge in [0.2, 0.25) is 0 Å². The Hall–Kier alpha value is -2.17. The van der Waals surface area contributed by atoms with Gasteiger partial charge in [0.15, 0.2) is 0 Å². The second kappa shape index (κ2) is 10.1. The molecule has 146 valence electrons. The molecule has 0 radical (unpaired) electrons. The van der Waals surface area contributed by atoms with Crippen molar-refractivity contribution >= 4 is 17.8 Å². The van der Waals surface area contributed by atoms with Crippen molar-refractivity contribution in [3.63, 3.8) is 0 Å². The van der Waals surface area contributed by atoms with Crippen molar-refractivity contribution in [1.29, 1.82) is 0 Å². The first-order chi connectivity index (χ1) is 11.9. The number of benzene rings is 1. The van der Waals surface area contributed by atoms with Crippen molar-refractivity contribution in [3.05, 3.63) is 35.9 Å². The normalized spacial score (nSPS) is 14.1. The maximum atomic E-state index is 11.3. The third-order valence-electron chi connectivity index (χ3n) is 3.43. The molecule has 1 aliphatic heterocycles. The van der Waals surface area contributed by atoms with Crippen LogP contribution < -0.4 is 0 Å². The number of hydroxylamine groups is 2. The topological polar surface area (TPSA) is 63.7 Å². The Kier molecular flexibility index (Phi) is 9.25. The van der Waals surface area contributed by atoms with E-state index in [4.69, 9.17) is 4.84 Å². The molecular weight excluding hydrogens is 330 g/mol. The number of nitrogens with zero attached hydrogens (tertiary/aromatic N) is 1. The number of carbonyl (C=O) groups excluding carboxylic acids is 3. The van der Waals surface area contributed by atoms with Crippen LogP contribution in [0, 0.1) is 5.41 Å². The van der Waals surface area contributed by atoms with Crippen molar-refractivity contribution < 1.29 is 19.2 Å². The van der Waals surface area contributed by atoms with E-state index in [2.05, 4.69) is 51.1 Å². The zero-order chi connectivity index (χ0) is 20.5. The molecule has 0 aromatic heterocycles. The maximum Gasteiger partial charge on any atom is 0.338 e. The summed E-state index contributed by atoms with van der Waals surface area (Å²) in [6.45, 7) is 15.6. The van der Waals surface area contributed by atoms with Crippen LogP contribution in [-0.2, 0) is 24.6 Å². The van der Waals surface area contributed by atoms with Crippen molar-refractivity contribution in [2.45, 2.75) is 73.6 Å². The monoisotopic (exact) mass is 363 g/mol. The van der Waals surface area contributed by atoms with Gasteiger partial charge in [-0.3, -0.25) is 9.59 Å². The summed E-state index contributed by atoms with van der Waals surface area (Å²) in [7, 11) is 0. The maximum absolute atomic E-state index is 11.3. The van der Waals surface area contributed by atoms with Crippen LogP contribution in [0.25, 0.3) is 0 Å². The van der Waals surface area contributed by atoms with Crippen LogP contribution in [0.5, 0.6) is 0 Å². The fourth-order valence-electron chi connectivity index (χ4n) is 1.82. The molecule has 5 nitrogen and oxygen atoms in total. The molecule has 0 saturated carbocycles. The molecule has 2 amide bonds. The van der Waals surface area contributed by atoms with E-state index >= 15 is 0 Å². The molecule has 0 aliphatic carbocycles. The Bertz CT molecular complexity index is 579. The third-order valence-corrected chi connectivity index (χ3v) is 3.43. The Morgan fingerprint density at radius 2 is 1.31 bits per heavy atom. The lowest BCUT2D eigenvalue weighted by Crippen LogP contribution is -2.36. The van der Waals surface area contributed by atoms with E-state index in [1.165, 1.54) is 5.56 Å². The first-order valence-corrected chi connectivity index (χ1v) is 9.06. The second-order valence-corrected chi connectivity index (χ2v) is 7.83. The van der Waals surface area contributed by atoms with E-state index in [1.807, 2.05) is 13.8 Å². The third kappa shape index (κ3) is 7.81. The summed E-state index contributed by atoms with van der Waals surface area (Å²) in [5.74, 6) is -1.48. The quantitative estimate of drug-likeness (QED) is 0.681. The predicted molar refractivity (Wildman–Crippen MR) is 103 cm³/mol. The largest absolute Gasteiger partial charge is 0.338 e. The van der Waals surface area contributed by atoms with E-state index in [-0.39, 0.29) is 12.8 Å². The van der Waals surface area contributed by atoms with Crippen LogP contribution in [0.4, 0.5) is 0 Å². The van der Waals surface area contributed by atoms with Gasteiger partial charge in [0, 0.05) is 12.8 Å². The highest BCUT2D eigenvalue weighted by atomic mass is 16.7. The molecule has 0 N–H and O–H groups in total. The second-order valence-electron chi connectivity index (χ2n) is 7.83. The standard InChI is InChI=1S/C10H14.C9H13NO4.C2H6/c1-10(2,3)9-7-5-4-6-8-9;1-9(2,3)8(13)14-10-6(11)4-5-7(10)12;1-2/h4-8H,1-3H3;4-5H2,1-3H3;1-2H3. The van der Waals surface area contributed by atoms with E-state index in [9.17, 15) is 14.4 Å². The highest BCUT2D eigenvalue weighted by Gasteiger charge is 2.35. The lowest BCUT2D eigenvalue weighted by Gasteiger charge is -2.19. The van der Waals surface area contributed by atoms with Crippen LogP contribution >= 0.6 is 0 Å². The molecule has 1 saturated heterocycles. The molecular formula is C21H33NO4. The summed E-state index contributed by atoms with van der Waals surface area (Å²) in [6, 6.07) is 10.6. The average molecular weight is 363 g/mol. The number of imide groups is 1. The Balaban J connectivity index is 0.000000458. The molecule has 26 heavy (non-hydrogen) atoms. The van der Waals surface area contributed by atoms with E-state index in [0.29, 0.717) is 10.5 Å². The Labute approximate surface area is 157 Å². The molecule has 1 heterocycles. The van der Waals surface area contributed by atoms with Crippen LogP contribution in [0.15, 0.2) is 30.3 Å². The lowest BCUT2D eigenvalue weighted by atomic mass is 9.87. The fraction of sp³-hybridized carbons (Fsp3) is 0.571. The minimum atomic E-state index is -0.719. The van der Waals surface area contributed by atoms with Crippen molar-refractivity contribution in [1.82, 2.24) is 5.06 Å². The van der Waals surface area contributed by atoms with Crippen LogP contribution in [0.2, 0.25) is 0 Å². The molecule has 0 spiro atoms. The van der Waals surface area contributed by atoms with Gasteiger partial charge >= 0.3 is 5.97 Å². The number of carbonyl (C=O) groups is 3. The zero-order valence-corrected chi connectivity index (χ0v) is 17.4. The van der Waals surface area contributed by atoms with Gasteiger partial charge in [-0.25, -0.2) is 4.79 Å². The van der Waals surface area contributed by atoms with Crippen molar-refractivity contribution in [2.24, 2.45) is 5.41 Å². The van der Waals surface area contributed by atoms with Gasteiger partial charge in [0.05, 0.1) is 5.41 Å². The van der Waals surface area contributed by atoms with Gasteiger partial charge in [-0.05, 0) is 31.7 Å². The Morgan fingerprint density at radius 1 is 0.885 bits per heavy atom. The van der Waals surface area contributed by atoms with Gasteiger partial charge in [-0.2, -0.15) is 0 Å². The SMILES string of the molecule is CC.CC(C)(C)C(=O)ON1C(=O)CCC1=O.CC(C)(C)c1ccccc1. The van der Waals surface area contributed by atoms with Crippen molar-refractivity contribution in [3.8, 4) is 0 Å². The fourth-order valence-corrected chi connectivity index (χ4v) is 1.82. The predicted octanol–water partition coefficient (Wildman–Crippen LogP) is 4.65. The van der Waals surface area contributed by atoms with Crippen LogP contribution in [0.1, 0.15) is 73.8 Å². The van der Waals surface area contributed by atoms with E-state index in [1.54, 1.807) is 20.8 Å². The average Bonchev–Trinajstić information content (AvgIpc) is 2.88. The number of hydrogen-bond acceptors (Lipinski definition) is 4. The first-order valence-electron chi connectivity index (χ1n) is 9.06. The summed E-state index contributed by atoms with van der Waals surface area (Å²) in [6.07, 6.45) is 0.243. The minimum absolute atomic E-state index is 0.121. The van der Waals surface area contributed by atoms with Crippen molar-refractivity contribution in [2.75, 3.05) is 0 Å². The Morgan fingerprint density at radius 3 is 1.62 bits per heavy atom. The molecule has 1 fully saturated rings. The molecule has 1 aromatic rings. The molecule has 5 heteroatoms. The van der Waals surface area contributed by atoms with E-state index in [0.717, 1.165) is 0 Å². The van der Waals surface area contributed by atoms with Gasteiger partial charge in [0.1, 0.15) is 0 Å². The lowest BCUT2D eigenvalue weighted by molar-refractivity contribution is -0.203. The summed E-state index contributed by atoms with van der Waals surface area (Å²) >= 11 is 0. The molecule has 0 unspecified atom stereocenters. The summed E-state index contributed by atoms with van der Waals surface area (Å²) in [5.41, 5.74) is 0.972. The van der Waals surface area contributed by atoms with E-state index < -0.39 is 23.2 Å². The zero-order valence-electron chi connectivity index (χ0n) is 17.4. The molecule has 0 atom stereocenters. The minimum Gasteiger partial charge on any atom is -0.330 e. The number of rotatable bonds is 1. The molecule has 2 rings (SSSR count). The molecule has 1 aromatic carbocycles. The molecule has 0 bridgehead atoms. The summed E-state index contributed by atoms with van der Waals surface area (Å²) < 4.78 is 0. The highest BCUT2D eigenvalue weighted by Crippen LogP contribution is 2.21. The van der Waals surface area contributed by atoms with Crippen LogP contribution in [-0.4, -0.2) is 22.8 Å². The smallest absolute Gasteiger partial charge is 0.330 e. The number of amides is 2.